The summed E-state index contributed by atoms with van der Waals surface area (Å²) >= 11 is 2.32. The highest BCUT2D eigenvalue weighted by molar-refractivity contribution is 14.1. The van der Waals surface area contributed by atoms with Gasteiger partial charge in [0.2, 0.25) is 0 Å². The number of rotatable bonds is 5. The first-order valence-corrected chi connectivity index (χ1v) is 10.00. The van der Waals surface area contributed by atoms with E-state index in [9.17, 15) is 8.78 Å². The van der Waals surface area contributed by atoms with E-state index in [1.165, 1.54) is 0 Å². The van der Waals surface area contributed by atoms with Crippen molar-refractivity contribution in [1.29, 1.82) is 0 Å². The van der Waals surface area contributed by atoms with Crippen molar-refractivity contribution in [3.05, 3.63) is 35.6 Å². The van der Waals surface area contributed by atoms with Crippen molar-refractivity contribution in [3.63, 3.8) is 0 Å². The van der Waals surface area contributed by atoms with Crippen LogP contribution in [0, 0.1) is 17.3 Å². The Kier molecular flexibility index (Phi) is 6.31. The van der Waals surface area contributed by atoms with Crippen molar-refractivity contribution in [2.24, 2.45) is 17.3 Å². The Balaban J connectivity index is 2.13. The van der Waals surface area contributed by atoms with Gasteiger partial charge in [0, 0.05) is 9.84 Å². The Bertz CT molecular complexity index is 501. The normalized spacial score (nSPS) is 32.1. The van der Waals surface area contributed by atoms with Crippen molar-refractivity contribution >= 4 is 22.6 Å². The summed E-state index contributed by atoms with van der Waals surface area (Å²) in [6.07, 6.45) is 8.20. The molecule has 4 heteroatoms. The Morgan fingerprint density at radius 2 is 1.87 bits per heavy atom. The molecule has 130 valence electrons. The molecule has 1 saturated carbocycles. The molecule has 1 atom stereocenters. The maximum atomic E-state index is 14.6. The van der Waals surface area contributed by atoms with Gasteiger partial charge >= 0.3 is 6.11 Å². The molecule has 0 aromatic heterocycles. The number of alkyl halides is 3. The standard InChI is InChI=1S/C19H27F2IO/c1-14-4-7-16(8-5-14)19(20,21)23-17-9-6-15(2)12-18(3,13-17)10-11-22/h6,9,12-14,16H,4-5,7-8,10-11H2,1-3H3. The van der Waals surface area contributed by atoms with E-state index in [1.807, 2.05) is 19.1 Å². The molecule has 0 spiro atoms. The molecular formula is C19H27F2IO. The SMILES string of the molecule is CC1=CC(C)(CCI)C=C(OC(F)(F)C2CCC(C)CC2)C=C1. The summed E-state index contributed by atoms with van der Waals surface area (Å²) in [7, 11) is 0. The van der Waals surface area contributed by atoms with Gasteiger partial charge in [-0.3, -0.25) is 0 Å². The molecule has 0 N–H and O–H groups in total. The lowest BCUT2D eigenvalue weighted by Crippen LogP contribution is -2.34. The van der Waals surface area contributed by atoms with E-state index in [2.05, 4.69) is 42.5 Å². The Morgan fingerprint density at radius 3 is 2.48 bits per heavy atom. The number of hydrogen-bond donors (Lipinski definition) is 0. The summed E-state index contributed by atoms with van der Waals surface area (Å²) in [6.45, 7) is 6.21. The number of hydrogen-bond acceptors (Lipinski definition) is 1. The van der Waals surface area contributed by atoms with E-state index in [0.717, 1.165) is 29.3 Å². The zero-order chi connectivity index (χ0) is 17.1. The van der Waals surface area contributed by atoms with E-state index in [4.69, 9.17) is 4.74 Å². The van der Waals surface area contributed by atoms with Crippen LogP contribution < -0.4 is 0 Å². The van der Waals surface area contributed by atoms with Crippen LogP contribution in [0.4, 0.5) is 8.78 Å². The molecule has 1 fully saturated rings. The molecule has 23 heavy (non-hydrogen) atoms. The summed E-state index contributed by atoms with van der Waals surface area (Å²) in [5.41, 5.74) is 0.850. The van der Waals surface area contributed by atoms with Crippen LogP contribution in [0.25, 0.3) is 0 Å². The van der Waals surface area contributed by atoms with Gasteiger partial charge in [0.15, 0.2) is 0 Å². The first kappa shape index (κ1) is 18.9. The van der Waals surface area contributed by atoms with Gasteiger partial charge in [0.05, 0.1) is 5.92 Å². The van der Waals surface area contributed by atoms with Crippen molar-refractivity contribution in [1.82, 2.24) is 0 Å². The average molecular weight is 436 g/mol. The van der Waals surface area contributed by atoms with Crippen LogP contribution in [0.15, 0.2) is 35.6 Å². The van der Waals surface area contributed by atoms with Crippen LogP contribution in [-0.4, -0.2) is 10.5 Å². The lowest BCUT2D eigenvalue weighted by molar-refractivity contribution is -0.254. The first-order chi connectivity index (χ1) is 10.7. The molecule has 1 unspecified atom stereocenters. The van der Waals surface area contributed by atoms with Gasteiger partial charge in [0.25, 0.3) is 0 Å². The Hall–Kier alpha value is -0.390. The molecule has 1 nitrogen and oxygen atoms in total. The molecule has 2 aliphatic rings. The monoisotopic (exact) mass is 436 g/mol. The van der Waals surface area contributed by atoms with Crippen molar-refractivity contribution in [2.75, 3.05) is 4.43 Å². The molecule has 0 aromatic rings. The zero-order valence-corrected chi connectivity index (χ0v) is 16.4. The van der Waals surface area contributed by atoms with Crippen LogP contribution in [-0.2, 0) is 4.74 Å². The molecule has 0 bridgehead atoms. The van der Waals surface area contributed by atoms with Crippen LogP contribution in [0.5, 0.6) is 0 Å². The van der Waals surface area contributed by atoms with Crippen LogP contribution in [0.1, 0.15) is 52.9 Å². The summed E-state index contributed by atoms with van der Waals surface area (Å²) in [5, 5.41) is 0. The molecule has 0 radical (unpaired) electrons. The second kappa shape index (κ2) is 7.66. The van der Waals surface area contributed by atoms with Crippen molar-refractivity contribution in [2.45, 2.75) is 59.0 Å². The summed E-state index contributed by atoms with van der Waals surface area (Å²) < 4.78 is 35.3. The van der Waals surface area contributed by atoms with E-state index < -0.39 is 12.0 Å². The predicted molar refractivity (Wildman–Crippen MR) is 99.7 cm³/mol. The Morgan fingerprint density at radius 1 is 1.22 bits per heavy atom. The van der Waals surface area contributed by atoms with E-state index >= 15 is 0 Å². The summed E-state index contributed by atoms with van der Waals surface area (Å²) in [6, 6.07) is 0. The minimum atomic E-state index is -3.08. The van der Waals surface area contributed by atoms with Crippen LogP contribution in [0.3, 0.4) is 0 Å². The molecule has 2 aliphatic carbocycles. The van der Waals surface area contributed by atoms with E-state index in [-0.39, 0.29) is 5.41 Å². The lowest BCUT2D eigenvalue weighted by Gasteiger charge is -2.32. The molecule has 0 amide bonds. The second-order valence-corrected chi connectivity index (χ2v) is 8.41. The maximum Gasteiger partial charge on any atom is 0.400 e. The quantitative estimate of drug-likeness (QED) is 0.346. The fourth-order valence-electron chi connectivity index (χ4n) is 3.44. The highest BCUT2D eigenvalue weighted by Gasteiger charge is 2.44. The number of ether oxygens (including phenoxy) is 1. The number of allylic oxidation sites excluding steroid dienone is 5. The number of halogens is 3. The van der Waals surface area contributed by atoms with Crippen molar-refractivity contribution in [3.8, 4) is 0 Å². The highest BCUT2D eigenvalue weighted by Crippen LogP contribution is 2.42. The predicted octanol–water partition coefficient (Wildman–Crippen LogP) is 6.65. The van der Waals surface area contributed by atoms with Crippen LogP contribution >= 0.6 is 22.6 Å². The average Bonchev–Trinajstić information content (AvgIpc) is 2.57. The molecule has 2 rings (SSSR count). The third kappa shape index (κ3) is 5.30. The molecular weight excluding hydrogens is 409 g/mol. The van der Waals surface area contributed by atoms with Gasteiger partial charge < -0.3 is 4.74 Å². The first-order valence-electron chi connectivity index (χ1n) is 8.47. The fraction of sp³-hybridized carbons (Fsp3) is 0.684. The van der Waals surface area contributed by atoms with Gasteiger partial charge in [-0.1, -0.05) is 67.0 Å². The zero-order valence-electron chi connectivity index (χ0n) is 14.2. The molecule has 0 aliphatic heterocycles. The minimum Gasteiger partial charge on any atom is -0.433 e. The van der Waals surface area contributed by atoms with Gasteiger partial charge in [-0.2, -0.15) is 8.78 Å². The highest BCUT2D eigenvalue weighted by atomic mass is 127. The van der Waals surface area contributed by atoms with E-state index in [0.29, 0.717) is 24.5 Å². The molecule has 0 aromatic carbocycles. The topological polar surface area (TPSA) is 9.23 Å². The Labute approximate surface area is 152 Å². The van der Waals surface area contributed by atoms with E-state index in [1.54, 1.807) is 6.08 Å². The fourth-order valence-corrected chi connectivity index (χ4v) is 4.61. The summed E-state index contributed by atoms with van der Waals surface area (Å²) in [5.74, 6) is 0.188. The third-order valence-electron chi connectivity index (χ3n) is 4.92. The maximum absolute atomic E-state index is 14.6. The third-order valence-corrected chi connectivity index (χ3v) is 5.46. The van der Waals surface area contributed by atoms with Crippen molar-refractivity contribution < 1.29 is 13.5 Å². The second-order valence-electron chi connectivity index (χ2n) is 7.33. The van der Waals surface area contributed by atoms with Gasteiger partial charge in [-0.05, 0) is 44.3 Å². The van der Waals surface area contributed by atoms with Gasteiger partial charge in [-0.15, -0.1) is 0 Å². The largest absolute Gasteiger partial charge is 0.433 e. The van der Waals surface area contributed by atoms with Gasteiger partial charge in [0.1, 0.15) is 5.76 Å². The summed E-state index contributed by atoms with van der Waals surface area (Å²) in [4.78, 5) is 0. The smallest absolute Gasteiger partial charge is 0.400 e. The molecule has 0 heterocycles. The van der Waals surface area contributed by atoms with Gasteiger partial charge in [-0.25, -0.2) is 0 Å². The minimum absolute atomic E-state index is 0.235. The lowest BCUT2D eigenvalue weighted by atomic mass is 9.82. The molecule has 0 saturated heterocycles. The van der Waals surface area contributed by atoms with Crippen LogP contribution in [0.2, 0.25) is 0 Å².